The predicted molar refractivity (Wildman–Crippen MR) is 79.2 cm³/mol. The molecule has 0 amide bonds. The van der Waals surface area contributed by atoms with E-state index in [0.29, 0.717) is 0 Å². The van der Waals surface area contributed by atoms with Crippen molar-refractivity contribution in [1.29, 1.82) is 0 Å². The molecule has 0 saturated carbocycles. The average molecular weight is 249 g/mol. The lowest BCUT2D eigenvalue weighted by Gasteiger charge is -2.14. The standard InChI is InChI=1S/C9H8N2.C7H7N/c1-2-6-9-8(4-1)5-3-7-10-11-9;1-2-6-3-4-7(6)8-5-1/h1-7,11H;1-2,5H,3-4H2. The van der Waals surface area contributed by atoms with E-state index in [1.54, 1.807) is 6.21 Å². The zero-order chi connectivity index (χ0) is 12.9. The van der Waals surface area contributed by atoms with E-state index in [-0.39, 0.29) is 0 Å². The van der Waals surface area contributed by atoms with E-state index in [1.165, 1.54) is 29.7 Å². The number of hydrogen-bond donors (Lipinski definition) is 1. The number of nitrogens with zero attached hydrogens (tertiary/aromatic N) is 2. The number of pyridine rings is 1. The molecule has 0 radical (unpaired) electrons. The summed E-state index contributed by atoms with van der Waals surface area (Å²) in [6.45, 7) is 0. The van der Waals surface area contributed by atoms with Crippen LogP contribution < -0.4 is 5.43 Å². The molecule has 0 bridgehead atoms. The molecule has 2 aromatic rings. The minimum atomic E-state index is 1.05. The smallest absolute Gasteiger partial charge is 0.0634 e. The van der Waals surface area contributed by atoms with Crippen LogP contribution in [0.5, 0.6) is 0 Å². The van der Waals surface area contributed by atoms with Crippen LogP contribution in [0.2, 0.25) is 0 Å². The summed E-state index contributed by atoms with van der Waals surface area (Å²) in [6.07, 6.45) is 9.97. The van der Waals surface area contributed by atoms with Gasteiger partial charge in [-0.1, -0.05) is 30.3 Å². The third-order valence-corrected chi connectivity index (χ3v) is 3.20. The number of aryl methyl sites for hydroxylation is 2. The SMILES string of the molecule is C1=Cc2ccccc2NN=C1.c1cnc2c(c1)CC2. The number of benzene rings is 1. The van der Waals surface area contributed by atoms with E-state index >= 15 is 0 Å². The fourth-order valence-corrected chi connectivity index (χ4v) is 2.04. The van der Waals surface area contributed by atoms with E-state index in [9.17, 15) is 0 Å². The van der Waals surface area contributed by atoms with Crippen molar-refractivity contribution in [1.82, 2.24) is 4.98 Å². The Morgan fingerprint density at radius 1 is 1.00 bits per heavy atom. The molecule has 4 rings (SSSR count). The van der Waals surface area contributed by atoms with E-state index in [0.717, 1.165) is 5.69 Å². The summed E-state index contributed by atoms with van der Waals surface area (Å²) in [5.41, 5.74) is 7.89. The summed E-state index contributed by atoms with van der Waals surface area (Å²) in [6, 6.07) is 12.2. The highest BCUT2D eigenvalue weighted by Crippen LogP contribution is 2.18. The molecule has 1 aromatic heterocycles. The van der Waals surface area contributed by atoms with Crippen molar-refractivity contribution < 1.29 is 0 Å². The van der Waals surface area contributed by atoms with E-state index in [1.807, 2.05) is 48.7 Å². The Labute approximate surface area is 112 Å². The molecule has 1 N–H and O–H groups in total. The second-order valence-electron chi connectivity index (χ2n) is 4.45. The number of hydrogen-bond acceptors (Lipinski definition) is 3. The van der Waals surface area contributed by atoms with Crippen LogP contribution in [0.15, 0.2) is 53.8 Å². The lowest BCUT2D eigenvalue weighted by atomic mass is 9.95. The van der Waals surface area contributed by atoms with Gasteiger partial charge in [0.25, 0.3) is 0 Å². The molecule has 0 saturated heterocycles. The van der Waals surface area contributed by atoms with Gasteiger partial charge in [0.05, 0.1) is 5.69 Å². The van der Waals surface area contributed by atoms with Gasteiger partial charge in [0.15, 0.2) is 0 Å². The van der Waals surface area contributed by atoms with Crippen LogP contribution in [0.25, 0.3) is 6.08 Å². The molecule has 94 valence electrons. The third-order valence-electron chi connectivity index (χ3n) is 3.20. The third kappa shape index (κ3) is 2.71. The summed E-state index contributed by atoms with van der Waals surface area (Å²) < 4.78 is 0. The summed E-state index contributed by atoms with van der Waals surface area (Å²) in [7, 11) is 0. The highest BCUT2D eigenvalue weighted by atomic mass is 15.3. The highest BCUT2D eigenvalue weighted by Gasteiger charge is 2.11. The Bertz CT molecular complexity index is 606. The number of nitrogens with one attached hydrogen (secondary N) is 1. The minimum Gasteiger partial charge on any atom is -0.278 e. The van der Waals surface area contributed by atoms with Gasteiger partial charge < -0.3 is 0 Å². The van der Waals surface area contributed by atoms with Crippen LogP contribution >= 0.6 is 0 Å². The van der Waals surface area contributed by atoms with Gasteiger partial charge in [-0.3, -0.25) is 10.4 Å². The number of allylic oxidation sites excluding steroid dienone is 1. The average Bonchev–Trinajstić information content (AvgIpc) is 2.66. The van der Waals surface area contributed by atoms with Crippen molar-refractivity contribution in [2.24, 2.45) is 5.10 Å². The summed E-state index contributed by atoms with van der Waals surface area (Å²) in [4.78, 5) is 4.17. The lowest BCUT2D eigenvalue weighted by Crippen LogP contribution is -2.09. The number of fused-ring (bicyclic) bond motifs is 2. The molecule has 1 aromatic carbocycles. The second kappa shape index (κ2) is 5.48. The van der Waals surface area contributed by atoms with Gasteiger partial charge in [0, 0.05) is 18.1 Å². The van der Waals surface area contributed by atoms with Crippen LogP contribution in [-0.2, 0) is 12.8 Å². The van der Waals surface area contributed by atoms with Crippen molar-refractivity contribution >= 4 is 18.0 Å². The minimum absolute atomic E-state index is 1.05. The molecule has 3 heteroatoms. The fourth-order valence-electron chi connectivity index (χ4n) is 2.04. The molecular formula is C16H15N3. The molecule has 0 unspecified atom stereocenters. The molecule has 1 aliphatic heterocycles. The lowest BCUT2D eigenvalue weighted by molar-refractivity contribution is 0.789. The Hall–Kier alpha value is -2.42. The van der Waals surface area contributed by atoms with Gasteiger partial charge in [-0.25, -0.2) is 0 Å². The maximum absolute atomic E-state index is 4.17. The van der Waals surface area contributed by atoms with Gasteiger partial charge in [0.2, 0.25) is 0 Å². The summed E-state index contributed by atoms with van der Waals surface area (Å²) >= 11 is 0. The van der Waals surface area contributed by atoms with Crippen LogP contribution in [0.1, 0.15) is 16.8 Å². The molecule has 2 aliphatic rings. The molecule has 0 atom stereocenters. The fraction of sp³-hybridized carbons (Fsp3) is 0.125. The topological polar surface area (TPSA) is 37.3 Å². The maximum Gasteiger partial charge on any atom is 0.0634 e. The normalized spacial score (nSPS) is 13.9. The first-order valence-corrected chi connectivity index (χ1v) is 6.41. The quantitative estimate of drug-likeness (QED) is 0.778. The Kier molecular flexibility index (Phi) is 3.36. The van der Waals surface area contributed by atoms with Crippen LogP contribution in [0.4, 0.5) is 5.69 Å². The van der Waals surface area contributed by atoms with Crippen molar-refractivity contribution in [3.05, 3.63) is 65.5 Å². The largest absolute Gasteiger partial charge is 0.278 e. The number of rotatable bonds is 0. The van der Waals surface area contributed by atoms with Gasteiger partial charge in [-0.15, -0.1) is 0 Å². The van der Waals surface area contributed by atoms with Crippen molar-refractivity contribution in [3.63, 3.8) is 0 Å². The van der Waals surface area contributed by atoms with Crippen molar-refractivity contribution in [2.75, 3.05) is 5.43 Å². The highest BCUT2D eigenvalue weighted by molar-refractivity contribution is 5.83. The van der Waals surface area contributed by atoms with Crippen molar-refractivity contribution in [3.8, 4) is 0 Å². The number of para-hydroxylation sites is 1. The van der Waals surface area contributed by atoms with E-state index in [2.05, 4.69) is 21.6 Å². The summed E-state index contributed by atoms with van der Waals surface area (Å²) in [5.74, 6) is 0. The molecule has 0 fully saturated rings. The van der Waals surface area contributed by atoms with Crippen LogP contribution in [0.3, 0.4) is 0 Å². The molecule has 2 heterocycles. The first kappa shape index (κ1) is 11.7. The Morgan fingerprint density at radius 3 is 2.68 bits per heavy atom. The zero-order valence-electron chi connectivity index (χ0n) is 10.6. The zero-order valence-corrected chi connectivity index (χ0v) is 10.6. The van der Waals surface area contributed by atoms with E-state index in [4.69, 9.17) is 0 Å². The van der Waals surface area contributed by atoms with Gasteiger partial charge in [0.1, 0.15) is 0 Å². The Balaban J connectivity index is 0.000000122. The molecular weight excluding hydrogens is 234 g/mol. The first-order chi connectivity index (χ1) is 9.43. The van der Waals surface area contributed by atoms with Gasteiger partial charge in [-0.05, 0) is 42.2 Å². The van der Waals surface area contributed by atoms with Crippen LogP contribution in [0, 0.1) is 0 Å². The van der Waals surface area contributed by atoms with E-state index < -0.39 is 0 Å². The first-order valence-electron chi connectivity index (χ1n) is 6.41. The van der Waals surface area contributed by atoms with Crippen molar-refractivity contribution in [2.45, 2.75) is 12.8 Å². The van der Waals surface area contributed by atoms with Gasteiger partial charge >= 0.3 is 0 Å². The molecule has 0 spiro atoms. The Morgan fingerprint density at radius 2 is 1.95 bits per heavy atom. The second-order valence-corrected chi connectivity index (χ2v) is 4.45. The molecule has 1 aliphatic carbocycles. The number of hydrazone groups is 1. The number of aromatic nitrogens is 1. The maximum atomic E-state index is 4.17. The van der Waals surface area contributed by atoms with Gasteiger partial charge in [-0.2, -0.15) is 5.10 Å². The summed E-state index contributed by atoms with van der Waals surface area (Å²) in [5, 5.41) is 3.95. The van der Waals surface area contributed by atoms with Crippen LogP contribution in [-0.4, -0.2) is 11.2 Å². The molecule has 19 heavy (non-hydrogen) atoms. The monoisotopic (exact) mass is 249 g/mol. The molecule has 3 nitrogen and oxygen atoms in total. The number of anilines is 1. The predicted octanol–water partition coefficient (Wildman–Crippen LogP) is 3.29.